The van der Waals surface area contributed by atoms with Crippen molar-refractivity contribution in [3.05, 3.63) is 0 Å². The molecule has 0 aromatic carbocycles. The molecule has 0 radical (unpaired) electrons. The Kier molecular flexibility index (Phi) is 4.85. The van der Waals surface area contributed by atoms with Gasteiger partial charge >= 0.3 is 0 Å². The van der Waals surface area contributed by atoms with Crippen LogP contribution in [0.2, 0.25) is 0 Å². The highest BCUT2D eigenvalue weighted by Gasteiger charge is 2.22. The zero-order valence-electron chi connectivity index (χ0n) is 9.38. The van der Waals surface area contributed by atoms with Crippen molar-refractivity contribution >= 4 is 0 Å². The van der Waals surface area contributed by atoms with E-state index in [4.69, 9.17) is 4.74 Å². The smallest absolute Gasteiger partial charge is 0.0766 e. The van der Waals surface area contributed by atoms with Gasteiger partial charge in [-0.15, -0.1) is 0 Å². The van der Waals surface area contributed by atoms with Gasteiger partial charge in [-0.25, -0.2) is 0 Å². The lowest BCUT2D eigenvalue weighted by molar-refractivity contribution is 0.0276. The summed E-state index contributed by atoms with van der Waals surface area (Å²) in [6.45, 7) is 6.51. The highest BCUT2D eigenvalue weighted by atomic mass is 16.5. The third-order valence-electron chi connectivity index (χ3n) is 3.17. The van der Waals surface area contributed by atoms with Crippen LogP contribution in [0.5, 0.6) is 0 Å². The van der Waals surface area contributed by atoms with E-state index in [2.05, 4.69) is 5.32 Å². The molecule has 1 fully saturated rings. The van der Waals surface area contributed by atoms with Crippen LogP contribution in [0.15, 0.2) is 0 Å². The maximum absolute atomic E-state index is 10.00. The number of aliphatic hydroxyl groups is 1. The molecule has 1 aliphatic rings. The van der Waals surface area contributed by atoms with E-state index < -0.39 is 5.60 Å². The van der Waals surface area contributed by atoms with E-state index in [0.717, 1.165) is 32.4 Å². The number of rotatable bonds is 6. The van der Waals surface area contributed by atoms with Crippen LogP contribution < -0.4 is 5.32 Å². The van der Waals surface area contributed by atoms with Crippen molar-refractivity contribution in [1.82, 2.24) is 5.32 Å². The molecule has 84 valence electrons. The van der Waals surface area contributed by atoms with Crippen molar-refractivity contribution in [2.24, 2.45) is 0 Å². The van der Waals surface area contributed by atoms with Gasteiger partial charge in [-0.2, -0.15) is 0 Å². The molecular formula is C11H23NO2. The lowest BCUT2D eigenvalue weighted by Crippen LogP contribution is -2.42. The van der Waals surface area contributed by atoms with E-state index in [1.807, 2.05) is 13.8 Å². The fourth-order valence-electron chi connectivity index (χ4n) is 1.77. The molecule has 0 aromatic rings. The molecule has 1 atom stereocenters. The summed E-state index contributed by atoms with van der Waals surface area (Å²) in [4.78, 5) is 0. The Morgan fingerprint density at radius 1 is 1.43 bits per heavy atom. The second-order valence-corrected chi connectivity index (χ2v) is 4.20. The molecule has 0 bridgehead atoms. The van der Waals surface area contributed by atoms with Gasteiger partial charge in [0.05, 0.1) is 11.7 Å². The summed E-state index contributed by atoms with van der Waals surface area (Å²) in [6.07, 6.45) is 4.32. The maximum Gasteiger partial charge on any atom is 0.0766 e. The van der Waals surface area contributed by atoms with Crippen LogP contribution in [0.1, 0.15) is 39.5 Å². The molecule has 14 heavy (non-hydrogen) atoms. The Hall–Kier alpha value is -0.120. The van der Waals surface area contributed by atoms with Crippen molar-refractivity contribution in [2.45, 2.75) is 51.2 Å². The molecule has 0 amide bonds. The first-order chi connectivity index (χ1) is 6.70. The summed E-state index contributed by atoms with van der Waals surface area (Å²) in [5, 5.41) is 13.3. The zero-order chi connectivity index (χ0) is 10.4. The molecule has 1 heterocycles. The number of ether oxygens (including phenoxy) is 1. The predicted molar refractivity (Wildman–Crippen MR) is 57.4 cm³/mol. The van der Waals surface area contributed by atoms with E-state index in [9.17, 15) is 5.11 Å². The summed E-state index contributed by atoms with van der Waals surface area (Å²) >= 11 is 0. The van der Waals surface area contributed by atoms with E-state index in [0.29, 0.717) is 12.6 Å². The number of nitrogens with one attached hydrogen (secondary N) is 1. The minimum Gasteiger partial charge on any atom is -0.389 e. The molecular weight excluding hydrogens is 178 g/mol. The monoisotopic (exact) mass is 201 g/mol. The molecule has 1 aliphatic heterocycles. The number of hydrogen-bond donors (Lipinski definition) is 2. The Morgan fingerprint density at radius 3 is 2.64 bits per heavy atom. The van der Waals surface area contributed by atoms with Crippen LogP contribution in [0.3, 0.4) is 0 Å². The summed E-state index contributed by atoms with van der Waals surface area (Å²) < 4.78 is 5.49. The van der Waals surface area contributed by atoms with Crippen molar-refractivity contribution in [3.8, 4) is 0 Å². The largest absolute Gasteiger partial charge is 0.389 e. The lowest BCUT2D eigenvalue weighted by Gasteiger charge is -2.26. The van der Waals surface area contributed by atoms with Crippen molar-refractivity contribution < 1.29 is 9.84 Å². The summed E-state index contributed by atoms with van der Waals surface area (Å²) in [6, 6.07) is 0. The van der Waals surface area contributed by atoms with Gasteiger partial charge in [0.25, 0.3) is 0 Å². The van der Waals surface area contributed by atoms with E-state index in [-0.39, 0.29) is 0 Å². The van der Waals surface area contributed by atoms with E-state index in [1.165, 1.54) is 6.42 Å². The first-order valence-electron chi connectivity index (χ1n) is 5.75. The highest BCUT2D eigenvalue weighted by molar-refractivity contribution is 4.79. The summed E-state index contributed by atoms with van der Waals surface area (Å²) in [5.41, 5.74) is -0.529. The lowest BCUT2D eigenvalue weighted by atomic mass is 9.97. The SMILES string of the molecule is CCC(O)(CC)CNCC1CCCO1. The Bertz CT molecular complexity index is 151. The van der Waals surface area contributed by atoms with Crippen LogP contribution >= 0.6 is 0 Å². The minimum absolute atomic E-state index is 0.368. The first-order valence-corrected chi connectivity index (χ1v) is 5.75. The Morgan fingerprint density at radius 2 is 2.14 bits per heavy atom. The van der Waals surface area contributed by atoms with Crippen molar-refractivity contribution in [1.29, 1.82) is 0 Å². The summed E-state index contributed by atoms with van der Waals surface area (Å²) in [5.74, 6) is 0. The molecule has 2 N–H and O–H groups in total. The molecule has 0 aliphatic carbocycles. The van der Waals surface area contributed by atoms with Gasteiger partial charge in [-0.3, -0.25) is 0 Å². The molecule has 0 saturated carbocycles. The molecule has 3 nitrogen and oxygen atoms in total. The molecule has 1 unspecified atom stereocenters. The van der Waals surface area contributed by atoms with Gasteiger partial charge in [0.2, 0.25) is 0 Å². The third-order valence-corrected chi connectivity index (χ3v) is 3.17. The fourth-order valence-corrected chi connectivity index (χ4v) is 1.77. The van der Waals surface area contributed by atoms with Crippen LogP contribution in [-0.4, -0.2) is 36.5 Å². The average molecular weight is 201 g/mol. The standard InChI is InChI=1S/C11H23NO2/c1-3-11(13,4-2)9-12-8-10-6-5-7-14-10/h10,12-13H,3-9H2,1-2H3. The van der Waals surface area contributed by atoms with Crippen LogP contribution in [-0.2, 0) is 4.74 Å². The molecule has 1 rings (SSSR count). The second-order valence-electron chi connectivity index (χ2n) is 4.20. The molecule has 1 saturated heterocycles. The second kappa shape index (κ2) is 5.69. The first kappa shape index (κ1) is 12.0. The molecule has 0 aromatic heterocycles. The minimum atomic E-state index is -0.529. The average Bonchev–Trinajstić information content (AvgIpc) is 2.70. The predicted octanol–water partition coefficient (Wildman–Crippen LogP) is 1.31. The Labute approximate surface area is 86.8 Å². The van der Waals surface area contributed by atoms with Crippen molar-refractivity contribution in [3.63, 3.8) is 0 Å². The van der Waals surface area contributed by atoms with Gasteiger partial charge in [0.1, 0.15) is 0 Å². The van der Waals surface area contributed by atoms with Crippen molar-refractivity contribution in [2.75, 3.05) is 19.7 Å². The molecule has 3 heteroatoms. The third kappa shape index (κ3) is 3.56. The van der Waals surface area contributed by atoms with Crippen LogP contribution in [0.4, 0.5) is 0 Å². The van der Waals surface area contributed by atoms with E-state index in [1.54, 1.807) is 0 Å². The zero-order valence-corrected chi connectivity index (χ0v) is 9.38. The molecule has 0 spiro atoms. The fraction of sp³-hybridized carbons (Fsp3) is 1.00. The van der Waals surface area contributed by atoms with Gasteiger partial charge in [-0.1, -0.05) is 13.8 Å². The van der Waals surface area contributed by atoms with Gasteiger partial charge in [0.15, 0.2) is 0 Å². The summed E-state index contributed by atoms with van der Waals surface area (Å²) in [7, 11) is 0. The van der Waals surface area contributed by atoms with Gasteiger partial charge in [-0.05, 0) is 25.7 Å². The van der Waals surface area contributed by atoms with Crippen LogP contribution in [0, 0.1) is 0 Å². The van der Waals surface area contributed by atoms with E-state index >= 15 is 0 Å². The highest BCUT2D eigenvalue weighted by Crippen LogP contribution is 2.14. The Balaban J connectivity index is 2.12. The number of hydrogen-bond acceptors (Lipinski definition) is 3. The normalized spacial score (nSPS) is 22.9. The quantitative estimate of drug-likeness (QED) is 0.681. The maximum atomic E-state index is 10.00. The topological polar surface area (TPSA) is 41.5 Å². The van der Waals surface area contributed by atoms with Gasteiger partial charge in [0, 0.05) is 19.7 Å². The van der Waals surface area contributed by atoms with Crippen LogP contribution in [0.25, 0.3) is 0 Å². The van der Waals surface area contributed by atoms with Gasteiger partial charge < -0.3 is 15.2 Å².